The molecule has 1 aliphatic rings. The maximum atomic E-state index is 6.31. The third kappa shape index (κ3) is 5.43. The normalized spacial score (nSPS) is 28.6. The quantitative estimate of drug-likeness (QED) is 0.692. The van der Waals surface area contributed by atoms with Crippen LogP contribution in [0, 0.1) is 11.3 Å². The van der Waals surface area contributed by atoms with E-state index in [0.29, 0.717) is 5.41 Å². The molecular weight excluding hydrogens is 234 g/mol. The minimum Gasteiger partial charge on any atom is -0.374 e. The minimum absolute atomic E-state index is 0.115. The standard InChI is InChI=1S/C17H35NO/c1-6-7-8-13-19-17(14-18-5)11-9-15(10-12-17)16(2,3)4/h15,18H,6-14H2,1-5H3. The van der Waals surface area contributed by atoms with Crippen LogP contribution in [0.25, 0.3) is 0 Å². The van der Waals surface area contributed by atoms with Gasteiger partial charge in [0, 0.05) is 13.2 Å². The van der Waals surface area contributed by atoms with Crippen LogP contribution in [-0.2, 0) is 4.74 Å². The lowest BCUT2D eigenvalue weighted by Gasteiger charge is -2.44. The molecule has 0 aromatic carbocycles. The van der Waals surface area contributed by atoms with E-state index in [2.05, 4.69) is 33.0 Å². The topological polar surface area (TPSA) is 21.3 Å². The average Bonchev–Trinajstić information content (AvgIpc) is 2.35. The maximum absolute atomic E-state index is 6.31. The fraction of sp³-hybridized carbons (Fsp3) is 1.00. The van der Waals surface area contributed by atoms with Crippen molar-refractivity contribution in [1.29, 1.82) is 0 Å². The number of unbranched alkanes of at least 4 members (excludes halogenated alkanes) is 2. The Morgan fingerprint density at radius 3 is 2.26 bits per heavy atom. The van der Waals surface area contributed by atoms with Crippen molar-refractivity contribution in [3.63, 3.8) is 0 Å². The Labute approximate surface area is 120 Å². The van der Waals surface area contributed by atoms with Crippen molar-refractivity contribution in [2.75, 3.05) is 20.2 Å². The van der Waals surface area contributed by atoms with Gasteiger partial charge in [-0.15, -0.1) is 0 Å². The first kappa shape index (κ1) is 17.0. The van der Waals surface area contributed by atoms with Gasteiger partial charge in [0.2, 0.25) is 0 Å². The van der Waals surface area contributed by atoms with Gasteiger partial charge in [-0.25, -0.2) is 0 Å². The lowest BCUT2D eigenvalue weighted by molar-refractivity contribution is -0.0845. The highest BCUT2D eigenvalue weighted by molar-refractivity contribution is 4.91. The summed E-state index contributed by atoms with van der Waals surface area (Å²) in [7, 11) is 2.05. The molecule has 1 saturated carbocycles. The van der Waals surface area contributed by atoms with E-state index in [0.717, 1.165) is 19.1 Å². The molecule has 0 saturated heterocycles. The van der Waals surface area contributed by atoms with Crippen LogP contribution < -0.4 is 5.32 Å². The molecule has 0 atom stereocenters. The van der Waals surface area contributed by atoms with Gasteiger partial charge in [-0.05, 0) is 50.5 Å². The van der Waals surface area contributed by atoms with Crippen molar-refractivity contribution in [2.24, 2.45) is 11.3 Å². The van der Waals surface area contributed by atoms with Crippen LogP contribution in [0.1, 0.15) is 72.6 Å². The highest BCUT2D eigenvalue weighted by Gasteiger charge is 2.38. The lowest BCUT2D eigenvalue weighted by Crippen LogP contribution is -2.46. The zero-order valence-electron chi connectivity index (χ0n) is 13.8. The molecule has 2 nitrogen and oxygen atoms in total. The second-order valence-electron chi connectivity index (χ2n) is 7.41. The zero-order chi connectivity index (χ0) is 14.4. The fourth-order valence-electron chi connectivity index (χ4n) is 3.34. The molecule has 114 valence electrons. The fourth-order valence-corrected chi connectivity index (χ4v) is 3.34. The molecule has 0 aromatic rings. The Hall–Kier alpha value is -0.0800. The van der Waals surface area contributed by atoms with E-state index in [1.165, 1.54) is 44.9 Å². The SMILES string of the molecule is CCCCCOC1(CNC)CCC(C(C)(C)C)CC1. The summed E-state index contributed by atoms with van der Waals surface area (Å²) in [4.78, 5) is 0. The van der Waals surface area contributed by atoms with Crippen LogP contribution in [0.5, 0.6) is 0 Å². The first-order chi connectivity index (χ1) is 8.93. The lowest BCUT2D eigenvalue weighted by atomic mass is 9.68. The number of hydrogen-bond donors (Lipinski definition) is 1. The summed E-state index contributed by atoms with van der Waals surface area (Å²) in [6.45, 7) is 11.3. The molecule has 0 aliphatic heterocycles. The third-order valence-electron chi connectivity index (χ3n) is 4.78. The van der Waals surface area contributed by atoms with Crippen molar-refractivity contribution >= 4 is 0 Å². The predicted octanol–water partition coefficient (Wildman–Crippen LogP) is 4.39. The molecule has 0 amide bonds. The average molecular weight is 269 g/mol. The maximum Gasteiger partial charge on any atom is 0.0806 e. The molecule has 0 aromatic heterocycles. The molecule has 0 spiro atoms. The van der Waals surface area contributed by atoms with Crippen LogP contribution in [0.15, 0.2) is 0 Å². The second-order valence-corrected chi connectivity index (χ2v) is 7.41. The van der Waals surface area contributed by atoms with Crippen molar-refractivity contribution in [1.82, 2.24) is 5.32 Å². The summed E-state index contributed by atoms with van der Waals surface area (Å²) < 4.78 is 6.31. The largest absolute Gasteiger partial charge is 0.374 e. The number of ether oxygens (including phenoxy) is 1. The predicted molar refractivity (Wildman–Crippen MR) is 83.5 cm³/mol. The molecule has 2 heteroatoms. The van der Waals surface area contributed by atoms with Crippen LogP contribution in [0.3, 0.4) is 0 Å². The van der Waals surface area contributed by atoms with Gasteiger partial charge in [0.15, 0.2) is 0 Å². The summed E-state index contributed by atoms with van der Waals surface area (Å²) in [5, 5.41) is 3.35. The summed E-state index contributed by atoms with van der Waals surface area (Å²) in [5.41, 5.74) is 0.568. The summed E-state index contributed by atoms with van der Waals surface area (Å²) in [5.74, 6) is 0.858. The Morgan fingerprint density at radius 2 is 1.79 bits per heavy atom. The third-order valence-corrected chi connectivity index (χ3v) is 4.78. The van der Waals surface area contributed by atoms with Crippen LogP contribution in [-0.4, -0.2) is 25.8 Å². The molecule has 1 fully saturated rings. The van der Waals surface area contributed by atoms with Crippen LogP contribution in [0.4, 0.5) is 0 Å². The van der Waals surface area contributed by atoms with Gasteiger partial charge < -0.3 is 10.1 Å². The van der Waals surface area contributed by atoms with Gasteiger partial charge in [-0.3, -0.25) is 0 Å². The van der Waals surface area contributed by atoms with Gasteiger partial charge in [-0.1, -0.05) is 40.5 Å². The number of likely N-dealkylation sites (N-methyl/N-ethyl adjacent to an activating group) is 1. The van der Waals surface area contributed by atoms with Crippen molar-refractivity contribution in [3.05, 3.63) is 0 Å². The first-order valence-electron chi connectivity index (χ1n) is 8.22. The van der Waals surface area contributed by atoms with Crippen molar-refractivity contribution in [2.45, 2.75) is 78.2 Å². The van der Waals surface area contributed by atoms with Gasteiger partial charge >= 0.3 is 0 Å². The van der Waals surface area contributed by atoms with Gasteiger partial charge in [-0.2, -0.15) is 0 Å². The van der Waals surface area contributed by atoms with E-state index in [-0.39, 0.29) is 5.60 Å². The van der Waals surface area contributed by atoms with Crippen LogP contribution >= 0.6 is 0 Å². The molecular formula is C17H35NO. The Kier molecular flexibility index (Phi) is 6.82. The highest BCUT2D eigenvalue weighted by atomic mass is 16.5. The first-order valence-corrected chi connectivity index (χ1v) is 8.22. The molecule has 0 radical (unpaired) electrons. The molecule has 0 bridgehead atoms. The Morgan fingerprint density at radius 1 is 1.16 bits per heavy atom. The molecule has 1 rings (SSSR count). The van der Waals surface area contributed by atoms with Gasteiger partial charge in [0.25, 0.3) is 0 Å². The van der Waals surface area contributed by atoms with E-state index >= 15 is 0 Å². The van der Waals surface area contributed by atoms with Crippen LogP contribution in [0.2, 0.25) is 0 Å². The number of rotatable bonds is 7. The van der Waals surface area contributed by atoms with Gasteiger partial charge in [0.1, 0.15) is 0 Å². The Bertz CT molecular complexity index is 236. The second kappa shape index (κ2) is 7.64. The van der Waals surface area contributed by atoms with E-state index in [4.69, 9.17) is 4.74 Å². The molecule has 0 heterocycles. The highest BCUT2D eigenvalue weighted by Crippen LogP contribution is 2.42. The zero-order valence-corrected chi connectivity index (χ0v) is 13.8. The summed E-state index contributed by atoms with van der Waals surface area (Å²) in [6, 6.07) is 0. The Balaban J connectivity index is 2.46. The van der Waals surface area contributed by atoms with Gasteiger partial charge in [0.05, 0.1) is 5.60 Å². The molecule has 1 aliphatic carbocycles. The number of hydrogen-bond acceptors (Lipinski definition) is 2. The van der Waals surface area contributed by atoms with Crippen molar-refractivity contribution in [3.8, 4) is 0 Å². The molecule has 0 unspecified atom stereocenters. The molecule has 19 heavy (non-hydrogen) atoms. The van der Waals surface area contributed by atoms with Crippen molar-refractivity contribution < 1.29 is 4.74 Å². The summed E-state index contributed by atoms with van der Waals surface area (Å²) >= 11 is 0. The minimum atomic E-state index is 0.115. The number of nitrogens with one attached hydrogen (secondary N) is 1. The summed E-state index contributed by atoms with van der Waals surface area (Å²) in [6.07, 6.45) is 8.86. The molecule has 1 N–H and O–H groups in total. The van der Waals surface area contributed by atoms with E-state index < -0.39 is 0 Å². The van der Waals surface area contributed by atoms with E-state index in [9.17, 15) is 0 Å². The smallest absolute Gasteiger partial charge is 0.0806 e. The van der Waals surface area contributed by atoms with E-state index in [1.54, 1.807) is 0 Å². The monoisotopic (exact) mass is 269 g/mol. The van der Waals surface area contributed by atoms with E-state index in [1.807, 2.05) is 7.05 Å².